The van der Waals surface area contributed by atoms with Crippen molar-refractivity contribution in [2.75, 3.05) is 6.61 Å². The minimum atomic E-state index is -1.64. The minimum Gasteiger partial charge on any atom is -0.507 e. The summed E-state index contributed by atoms with van der Waals surface area (Å²) in [6, 6.07) is 10.6. The van der Waals surface area contributed by atoms with Crippen LogP contribution in [0.2, 0.25) is 0 Å². The van der Waals surface area contributed by atoms with E-state index in [1.807, 2.05) is 31.2 Å². The SMILES string of the molecule is CCc1ccc(OC2OC(CO)C(O)C(O)C2O)c(C(=O)CCc2ccc3occc3c2)c1O. The first kappa shape index (κ1) is 24.2. The second kappa shape index (κ2) is 10.1. The maximum absolute atomic E-state index is 13.2. The minimum absolute atomic E-state index is 0.0330. The van der Waals surface area contributed by atoms with E-state index in [4.69, 9.17) is 13.9 Å². The van der Waals surface area contributed by atoms with Crippen LogP contribution in [0.4, 0.5) is 0 Å². The number of ketones is 1. The lowest BCUT2D eigenvalue weighted by Crippen LogP contribution is -2.60. The van der Waals surface area contributed by atoms with Crippen molar-refractivity contribution in [3.8, 4) is 11.5 Å². The highest BCUT2D eigenvalue weighted by atomic mass is 16.7. The van der Waals surface area contributed by atoms with Crippen LogP contribution in [0.15, 0.2) is 47.1 Å². The van der Waals surface area contributed by atoms with Gasteiger partial charge in [-0.2, -0.15) is 0 Å². The molecule has 0 aliphatic carbocycles. The number of benzene rings is 2. The number of phenols is 1. The predicted octanol–water partition coefficient (Wildman–Crippen LogP) is 1.69. The van der Waals surface area contributed by atoms with Gasteiger partial charge in [0.1, 0.15) is 47.1 Å². The second-order valence-electron chi connectivity index (χ2n) is 8.33. The van der Waals surface area contributed by atoms with E-state index in [2.05, 4.69) is 0 Å². The fourth-order valence-electron chi connectivity index (χ4n) is 4.11. The monoisotopic (exact) mass is 472 g/mol. The van der Waals surface area contributed by atoms with E-state index < -0.39 is 37.3 Å². The fraction of sp³-hybridized carbons (Fsp3) is 0.400. The lowest BCUT2D eigenvalue weighted by Gasteiger charge is -2.39. The Morgan fingerprint density at radius 2 is 1.85 bits per heavy atom. The third kappa shape index (κ3) is 4.66. The number of Topliss-reactive ketones (excluding diaryl/α,β-unsaturated/α-hetero) is 1. The number of ether oxygens (including phenoxy) is 2. The number of hydrogen-bond donors (Lipinski definition) is 5. The zero-order valence-electron chi connectivity index (χ0n) is 18.6. The summed E-state index contributed by atoms with van der Waals surface area (Å²) in [6.45, 7) is 1.22. The molecule has 2 heterocycles. The topological polar surface area (TPSA) is 150 Å². The average Bonchev–Trinajstić information content (AvgIpc) is 3.31. The number of aromatic hydroxyl groups is 1. The molecule has 0 amide bonds. The van der Waals surface area contributed by atoms with E-state index >= 15 is 0 Å². The first-order valence-electron chi connectivity index (χ1n) is 11.1. The quantitative estimate of drug-likeness (QED) is 0.309. The molecule has 0 spiro atoms. The van der Waals surface area contributed by atoms with Crippen LogP contribution in [-0.2, 0) is 17.6 Å². The summed E-state index contributed by atoms with van der Waals surface area (Å²) >= 11 is 0. The van der Waals surface area contributed by atoms with Gasteiger partial charge in [-0.25, -0.2) is 0 Å². The molecule has 1 aliphatic heterocycles. The molecule has 34 heavy (non-hydrogen) atoms. The van der Waals surface area contributed by atoms with E-state index in [0.717, 1.165) is 16.5 Å². The predicted molar refractivity (Wildman–Crippen MR) is 121 cm³/mol. The largest absolute Gasteiger partial charge is 0.507 e. The van der Waals surface area contributed by atoms with E-state index in [0.29, 0.717) is 18.4 Å². The Hall–Kier alpha value is -2.95. The first-order valence-corrected chi connectivity index (χ1v) is 11.1. The molecule has 9 nitrogen and oxygen atoms in total. The molecule has 0 radical (unpaired) electrons. The number of carbonyl (C=O) groups is 1. The standard InChI is InChI=1S/C25H28O9/c1-2-14-5-8-18(33-25-24(31)23(30)22(29)19(12-26)34-25)20(21(14)28)16(27)6-3-13-4-7-17-15(11-13)9-10-32-17/h4-5,7-11,19,22-26,28-31H,2-3,6,12H2,1H3. The summed E-state index contributed by atoms with van der Waals surface area (Å²) in [6.07, 6.45) is -4.89. The molecule has 3 aromatic rings. The molecule has 1 aliphatic rings. The molecule has 1 aromatic heterocycles. The number of phenolic OH excluding ortho intramolecular Hbond substituents is 1. The van der Waals surface area contributed by atoms with E-state index in [9.17, 15) is 30.3 Å². The Morgan fingerprint density at radius 1 is 1.06 bits per heavy atom. The number of fused-ring (bicyclic) bond motifs is 1. The van der Waals surface area contributed by atoms with Gasteiger partial charge in [-0.1, -0.05) is 19.1 Å². The van der Waals surface area contributed by atoms with Crippen molar-refractivity contribution in [2.45, 2.75) is 56.9 Å². The molecule has 2 aromatic carbocycles. The van der Waals surface area contributed by atoms with Crippen LogP contribution in [-0.4, -0.2) is 68.6 Å². The van der Waals surface area contributed by atoms with Crippen molar-refractivity contribution in [3.63, 3.8) is 0 Å². The molecule has 5 unspecified atom stereocenters. The number of aliphatic hydroxyl groups excluding tert-OH is 4. The van der Waals surface area contributed by atoms with Crippen LogP contribution < -0.4 is 4.74 Å². The first-order chi connectivity index (χ1) is 16.3. The van der Waals surface area contributed by atoms with Crippen molar-refractivity contribution in [1.29, 1.82) is 0 Å². The van der Waals surface area contributed by atoms with Gasteiger partial charge in [0.15, 0.2) is 5.78 Å². The highest BCUT2D eigenvalue weighted by molar-refractivity contribution is 6.01. The maximum Gasteiger partial charge on any atom is 0.229 e. The zero-order chi connectivity index (χ0) is 24.4. The van der Waals surface area contributed by atoms with Crippen molar-refractivity contribution >= 4 is 16.8 Å². The van der Waals surface area contributed by atoms with Crippen LogP contribution in [0.3, 0.4) is 0 Å². The number of aliphatic hydroxyl groups is 4. The Kier molecular flexibility index (Phi) is 7.20. The van der Waals surface area contributed by atoms with Gasteiger partial charge in [-0.05, 0) is 48.2 Å². The number of carbonyl (C=O) groups excluding carboxylic acids is 1. The Labute approximate surface area is 195 Å². The summed E-state index contributed by atoms with van der Waals surface area (Å²) in [7, 11) is 0. The average molecular weight is 472 g/mol. The molecule has 0 bridgehead atoms. The van der Waals surface area contributed by atoms with E-state index in [1.165, 1.54) is 6.07 Å². The third-order valence-electron chi connectivity index (χ3n) is 6.13. The van der Waals surface area contributed by atoms with Crippen LogP contribution in [0.25, 0.3) is 11.0 Å². The second-order valence-corrected chi connectivity index (χ2v) is 8.33. The number of furan rings is 1. The van der Waals surface area contributed by atoms with Gasteiger partial charge in [0.05, 0.1) is 12.9 Å². The van der Waals surface area contributed by atoms with Crippen molar-refractivity contribution < 1.29 is 44.2 Å². The third-order valence-corrected chi connectivity index (χ3v) is 6.13. The maximum atomic E-state index is 13.2. The van der Waals surface area contributed by atoms with Gasteiger partial charge in [-0.15, -0.1) is 0 Å². The van der Waals surface area contributed by atoms with E-state index in [-0.39, 0.29) is 29.3 Å². The Balaban J connectivity index is 1.57. The molecule has 0 saturated carbocycles. The summed E-state index contributed by atoms with van der Waals surface area (Å²) in [5, 5.41) is 51.4. The highest BCUT2D eigenvalue weighted by Crippen LogP contribution is 2.35. The van der Waals surface area contributed by atoms with Gasteiger partial charge in [-0.3, -0.25) is 4.79 Å². The normalized spacial score (nSPS) is 24.9. The lowest BCUT2D eigenvalue weighted by molar-refractivity contribution is -0.277. The fourth-order valence-corrected chi connectivity index (χ4v) is 4.11. The van der Waals surface area contributed by atoms with Crippen LogP contribution >= 0.6 is 0 Å². The summed E-state index contributed by atoms with van der Waals surface area (Å²) < 4.78 is 16.4. The summed E-state index contributed by atoms with van der Waals surface area (Å²) in [4.78, 5) is 13.2. The Bertz CT molecular complexity index is 1150. The molecule has 182 valence electrons. The number of hydrogen-bond acceptors (Lipinski definition) is 9. The van der Waals surface area contributed by atoms with Crippen LogP contribution in [0, 0.1) is 0 Å². The molecule has 1 fully saturated rings. The van der Waals surface area contributed by atoms with Gasteiger partial charge in [0.25, 0.3) is 0 Å². The molecule has 1 saturated heterocycles. The van der Waals surface area contributed by atoms with Crippen molar-refractivity contribution in [2.24, 2.45) is 0 Å². The molecule has 9 heteroatoms. The lowest BCUT2D eigenvalue weighted by atomic mass is 9.97. The summed E-state index contributed by atoms with van der Waals surface area (Å²) in [5.74, 6) is -0.631. The van der Waals surface area contributed by atoms with E-state index in [1.54, 1.807) is 12.3 Å². The van der Waals surface area contributed by atoms with Gasteiger partial charge < -0.3 is 39.4 Å². The van der Waals surface area contributed by atoms with Crippen LogP contribution in [0.5, 0.6) is 11.5 Å². The highest BCUT2D eigenvalue weighted by Gasteiger charge is 2.45. The van der Waals surface area contributed by atoms with Gasteiger partial charge in [0, 0.05) is 11.8 Å². The number of aryl methyl sites for hydroxylation is 2. The van der Waals surface area contributed by atoms with Crippen LogP contribution in [0.1, 0.15) is 34.8 Å². The molecule has 5 N–H and O–H groups in total. The molecule has 4 rings (SSSR count). The Morgan fingerprint density at radius 3 is 2.59 bits per heavy atom. The smallest absolute Gasteiger partial charge is 0.229 e. The van der Waals surface area contributed by atoms with Gasteiger partial charge >= 0.3 is 0 Å². The van der Waals surface area contributed by atoms with Crippen molar-refractivity contribution in [1.82, 2.24) is 0 Å². The number of rotatable bonds is 8. The molecule has 5 atom stereocenters. The molecular formula is C25H28O9. The van der Waals surface area contributed by atoms with Crippen molar-refractivity contribution in [3.05, 3.63) is 59.4 Å². The zero-order valence-corrected chi connectivity index (χ0v) is 18.6. The molecular weight excluding hydrogens is 444 g/mol. The van der Waals surface area contributed by atoms with Gasteiger partial charge in [0.2, 0.25) is 6.29 Å². The summed E-state index contributed by atoms with van der Waals surface area (Å²) in [5.41, 5.74) is 2.16.